The van der Waals surface area contributed by atoms with Gasteiger partial charge in [-0.15, -0.1) is 6.58 Å². The van der Waals surface area contributed by atoms with E-state index >= 15 is 0 Å². The lowest BCUT2D eigenvalue weighted by Gasteiger charge is -2.26. The maximum atomic E-state index is 12.6. The van der Waals surface area contributed by atoms with Crippen molar-refractivity contribution in [2.45, 2.75) is 38.2 Å². The second-order valence-corrected chi connectivity index (χ2v) is 6.20. The molecule has 23 heavy (non-hydrogen) atoms. The summed E-state index contributed by atoms with van der Waals surface area (Å²) in [6.45, 7) is 4.89. The number of amides is 1. The van der Waals surface area contributed by atoms with Crippen LogP contribution in [-0.2, 0) is 9.63 Å². The molecule has 2 heterocycles. The normalized spacial score (nSPS) is 20.9. The number of hydrogen-bond donors (Lipinski definition) is 0. The SMILES string of the molecule is C=CCN(CC1CC(c2ccccn2)=NO1)C(=O)C1CCCC1. The van der Waals surface area contributed by atoms with Gasteiger partial charge in [-0.1, -0.05) is 30.1 Å². The molecule has 5 nitrogen and oxygen atoms in total. The average Bonchev–Trinajstić information content (AvgIpc) is 3.26. The molecule has 0 saturated heterocycles. The Morgan fingerprint density at radius 3 is 2.91 bits per heavy atom. The number of oxime groups is 1. The summed E-state index contributed by atoms with van der Waals surface area (Å²) in [5.74, 6) is 0.407. The van der Waals surface area contributed by atoms with Gasteiger partial charge in [0, 0.05) is 25.1 Å². The van der Waals surface area contributed by atoms with Gasteiger partial charge in [0.15, 0.2) is 6.10 Å². The molecule has 1 atom stereocenters. The molecular weight excluding hydrogens is 290 g/mol. The summed E-state index contributed by atoms with van der Waals surface area (Å²) in [7, 11) is 0. The third-order valence-electron chi connectivity index (χ3n) is 4.48. The smallest absolute Gasteiger partial charge is 0.226 e. The Morgan fingerprint density at radius 2 is 2.22 bits per heavy atom. The summed E-state index contributed by atoms with van der Waals surface area (Å²) in [6.07, 6.45) is 8.44. The molecule has 0 bridgehead atoms. The highest BCUT2D eigenvalue weighted by molar-refractivity contribution is 5.99. The molecule has 2 aliphatic rings. The molecule has 122 valence electrons. The Kier molecular flexibility index (Phi) is 5.05. The van der Waals surface area contributed by atoms with Crippen LogP contribution in [0.2, 0.25) is 0 Å². The van der Waals surface area contributed by atoms with Crippen LogP contribution in [0.5, 0.6) is 0 Å². The van der Waals surface area contributed by atoms with Crippen molar-refractivity contribution in [1.82, 2.24) is 9.88 Å². The molecule has 1 saturated carbocycles. The predicted octanol–water partition coefficient (Wildman–Crippen LogP) is 2.78. The zero-order valence-corrected chi connectivity index (χ0v) is 13.4. The number of rotatable bonds is 6. The summed E-state index contributed by atoms with van der Waals surface area (Å²) < 4.78 is 0. The summed E-state index contributed by atoms with van der Waals surface area (Å²) in [5, 5.41) is 4.15. The average molecular weight is 313 g/mol. The third kappa shape index (κ3) is 3.78. The first-order valence-electron chi connectivity index (χ1n) is 8.31. The number of aromatic nitrogens is 1. The lowest BCUT2D eigenvalue weighted by molar-refractivity contribution is -0.136. The van der Waals surface area contributed by atoms with Crippen LogP contribution in [-0.4, -0.2) is 40.7 Å². The van der Waals surface area contributed by atoms with E-state index in [1.165, 1.54) is 0 Å². The molecule has 1 amide bonds. The second kappa shape index (κ2) is 7.40. The minimum atomic E-state index is -0.0997. The van der Waals surface area contributed by atoms with E-state index in [4.69, 9.17) is 4.84 Å². The van der Waals surface area contributed by atoms with Gasteiger partial charge in [-0.05, 0) is 25.0 Å². The number of carbonyl (C=O) groups is 1. The van der Waals surface area contributed by atoms with Crippen molar-refractivity contribution >= 4 is 11.6 Å². The first kappa shape index (κ1) is 15.7. The molecule has 1 fully saturated rings. The Bertz CT molecular complexity index is 579. The quantitative estimate of drug-likeness (QED) is 0.759. The molecule has 1 unspecified atom stereocenters. The predicted molar refractivity (Wildman–Crippen MR) is 89.0 cm³/mol. The van der Waals surface area contributed by atoms with Crippen molar-refractivity contribution < 1.29 is 9.63 Å². The van der Waals surface area contributed by atoms with Crippen molar-refractivity contribution in [3.8, 4) is 0 Å². The fourth-order valence-electron chi connectivity index (χ4n) is 3.30. The minimum Gasteiger partial charge on any atom is -0.390 e. The highest BCUT2D eigenvalue weighted by atomic mass is 16.6. The van der Waals surface area contributed by atoms with Crippen LogP contribution in [0.4, 0.5) is 0 Å². The first-order valence-corrected chi connectivity index (χ1v) is 8.31. The number of carbonyl (C=O) groups excluding carboxylic acids is 1. The zero-order chi connectivity index (χ0) is 16.1. The van der Waals surface area contributed by atoms with E-state index in [1.807, 2.05) is 23.1 Å². The van der Waals surface area contributed by atoms with Crippen LogP contribution >= 0.6 is 0 Å². The van der Waals surface area contributed by atoms with Crippen LogP contribution in [0.3, 0.4) is 0 Å². The largest absolute Gasteiger partial charge is 0.390 e. The molecule has 0 radical (unpaired) electrons. The summed E-state index contributed by atoms with van der Waals surface area (Å²) >= 11 is 0. The number of hydrogen-bond acceptors (Lipinski definition) is 4. The van der Waals surface area contributed by atoms with Gasteiger partial charge in [0.1, 0.15) is 5.71 Å². The number of pyridine rings is 1. The molecule has 1 aromatic heterocycles. The van der Waals surface area contributed by atoms with Gasteiger partial charge in [-0.3, -0.25) is 9.78 Å². The third-order valence-corrected chi connectivity index (χ3v) is 4.48. The molecular formula is C18H23N3O2. The molecule has 1 aliphatic heterocycles. The van der Waals surface area contributed by atoms with Crippen LogP contribution in [0.25, 0.3) is 0 Å². The maximum absolute atomic E-state index is 12.6. The van der Waals surface area contributed by atoms with Crippen molar-refractivity contribution in [2.24, 2.45) is 11.1 Å². The van der Waals surface area contributed by atoms with Gasteiger partial charge in [-0.25, -0.2) is 0 Å². The zero-order valence-electron chi connectivity index (χ0n) is 13.4. The van der Waals surface area contributed by atoms with Crippen LogP contribution in [0.15, 0.2) is 42.2 Å². The van der Waals surface area contributed by atoms with Gasteiger partial charge in [0.2, 0.25) is 5.91 Å². The Morgan fingerprint density at radius 1 is 1.39 bits per heavy atom. The summed E-state index contributed by atoms with van der Waals surface area (Å²) in [6, 6.07) is 5.74. The molecule has 1 aromatic rings. The fourth-order valence-corrected chi connectivity index (χ4v) is 3.30. The number of nitrogens with zero attached hydrogens (tertiary/aromatic N) is 3. The monoisotopic (exact) mass is 313 g/mol. The van der Waals surface area contributed by atoms with Crippen molar-refractivity contribution in [3.63, 3.8) is 0 Å². The lowest BCUT2D eigenvalue weighted by Crippen LogP contribution is -2.40. The molecule has 3 rings (SSSR count). The van der Waals surface area contributed by atoms with Crippen molar-refractivity contribution in [3.05, 3.63) is 42.7 Å². The lowest BCUT2D eigenvalue weighted by atomic mass is 10.1. The first-order chi connectivity index (χ1) is 11.3. The van der Waals surface area contributed by atoms with Crippen molar-refractivity contribution in [1.29, 1.82) is 0 Å². The van der Waals surface area contributed by atoms with E-state index < -0.39 is 0 Å². The Balaban J connectivity index is 1.59. The van der Waals surface area contributed by atoms with Gasteiger partial charge in [0.05, 0.1) is 12.2 Å². The van der Waals surface area contributed by atoms with E-state index in [-0.39, 0.29) is 17.9 Å². The molecule has 1 aliphatic carbocycles. The minimum absolute atomic E-state index is 0.0997. The van der Waals surface area contributed by atoms with Crippen LogP contribution < -0.4 is 0 Å². The highest BCUT2D eigenvalue weighted by Crippen LogP contribution is 2.27. The standard InChI is InChI=1S/C18H23N3O2/c1-2-11-21(18(22)14-7-3-4-8-14)13-15-12-17(20-23-15)16-9-5-6-10-19-16/h2,5-6,9-10,14-15H,1,3-4,7-8,11-13H2. The summed E-state index contributed by atoms with van der Waals surface area (Å²) in [5.41, 5.74) is 1.69. The molecule has 0 spiro atoms. The van der Waals surface area contributed by atoms with E-state index in [9.17, 15) is 4.79 Å². The van der Waals surface area contributed by atoms with Crippen molar-refractivity contribution in [2.75, 3.05) is 13.1 Å². The van der Waals surface area contributed by atoms with Gasteiger partial charge >= 0.3 is 0 Å². The fraction of sp³-hybridized carbons (Fsp3) is 0.500. The molecule has 0 aromatic carbocycles. The van der Waals surface area contributed by atoms with E-state index in [2.05, 4.69) is 16.7 Å². The van der Waals surface area contributed by atoms with Gasteiger partial charge in [0.25, 0.3) is 0 Å². The van der Waals surface area contributed by atoms with Gasteiger partial charge in [-0.2, -0.15) is 0 Å². The molecule has 5 heteroatoms. The Labute approximate surface area is 137 Å². The Hall–Kier alpha value is -2.17. The second-order valence-electron chi connectivity index (χ2n) is 6.20. The topological polar surface area (TPSA) is 54.8 Å². The van der Waals surface area contributed by atoms with E-state index in [0.29, 0.717) is 19.5 Å². The van der Waals surface area contributed by atoms with E-state index in [0.717, 1.165) is 37.1 Å². The van der Waals surface area contributed by atoms with E-state index in [1.54, 1.807) is 12.3 Å². The maximum Gasteiger partial charge on any atom is 0.226 e. The summed E-state index contributed by atoms with van der Waals surface area (Å²) in [4.78, 5) is 24.3. The van der Waals surface area contributed by atoms with Crippen LogP contribution in [0, 0.1) is 5.92 Å². The van der Waals surface area contributed by atoms with Gasteiger partial charge < -0.3 is 9.74 Å². The van der Waals surface area contributed by atoms with Crippen LogP contribution in [0.1, 0.15) is 37.8 Å². The molecule has 0 N–H and O–H groups in total. The highest BCUT2D eigenvalue weighted by Gasteiger charge is 2.31.